The molecule has 1 aromatic heterocycles. The van der Waals surface area contributed by atoms with Crippen molar-refractivity contribution >= 4 is 16.6 Å². The van der Waals surface area contributed by atoms with Crippen molar-refractivity contribution in [3.63, 3.8) is 0 Å². The zero-order valence-electron chi connectivity index (χ0n) is 13.6. The number of aromatic nitrogens is 2. The summed E-state index contributed by atoms with van der Waals surface area (Å²) in [6, 6.07) is 22.3. The van der Waals surface area contributed by atoms with Crippen LogP contribution in [-0.4, -0.2) is 14.5 Å². The highest BCUT2D eigenvalue weighted by molar-refractivity contribution is 5.82. The lowest BCUT2D eigenvalue weighted by Crippen LogP contribution is -2.22. The van der Waals surface area contributed by atoms with Crippen LogP contribution >= 0.6 is 0 Å². The lowest BCUT2D eigenvalue weighted by atomic mass is 10.1. The molecule has 0 amide bonds. The molecular formula is C20H13N3O3. The van der Waals surface area contributed by atoms with E-state index in [4.69, 9.17) is 0 Å². The summed E-state index contributed by atoms with van der Waals surface area (Å²) < 4.78 is 1.42. The van der Waals surface area contributed by atoms with Gasteiger partial charge in [-0.05, 0) is 30.3 Å². The van der Waals surface area contributed by atoms with Crippen LogP contribution in [0.5, 0.6) is 0 Å². The first-order chi connectivity index (χ1) is 12.7. The van der Waals surface area contributed by atoms with Gasteiger partial charge in [-0.1, -0.05) is 42.5 Å². The molecule has 0 aliphatic rings. The molecule has 0 radical (unpaired) electrons. The Morgan fingerprint density at radius 1 is 0.846 bits per heavy atom. The van der Waals surface area contributed by atoms with Gasteiger partial charge in [0.1, 0.15) is 0 Å². The standard InChI is InChI=1S/C20H13N3O3/c24-20-15-10-4-6-12-17(15)21-19(22(20)14-8-2-1-3-9-14)16-11-5-7-13-18(16)23(25)26/h1-13H. The second-order valence-electron chi connectivity index (χ2n) is 5.70. The molecule has 0 unspecified atom stereocenters. The van der Waals surface area contributed by atoms with E-state index in [-0.39, 0.29) is 17.1 Å². The summed E-state index contributed by atoms with van der Waals surface area (Å²) >= 11 is 0. The quantitative estimate of drug-likeness (QED) is 0.417. The third-order valence-electron chi connectivity index (χ3n) is 4.13. The number of hydrogen-bond donors (Lipinski definition) is 0. The Balaban J connectivity index is 2.16. The van der Waals surface area contributed by atoms with E-state index in [0.717, 1.165) is 0 Å². The minimum Gasteiger partial charge on any atom is -0.268 e. The first-order valence-electron chi connectivity index (χ1n) is 7.98. The van der Waals surface area contributed by atoms with Gasteiger partial charge in [0.15, 0.2) is 5.82 Å². The highest BCUT2D eigenvalue weighted by atomic mass is 16.6. The Kier molecular flexibility index (Phi) is 3.78. The summed E-state index contributed by atoms with van der Waals surface area (Å²) in [6.07, 6.45) is 0. The van der Waals surface area contributed by atoms with Gasteiger partial charge in [-0.3, -0.25) is 19.5 Å². The average molecular weight is 343 g/mol. The highest BCUT2D eigenvalue weighted by Gasteiger charge is 2.21. The van der Waals surface area contributed by atoms with E-state index < -0.39 is 4.92 Å². The van der Waals surface area contributed by atoms with Crippen LogP contribution in [0.2, 0.25) is 0 Å². The molecule has 0 aliphatic heterocycles. The second kappa shape index (κ2) is 6.25. The lowest BCUT2D eigenvalue weighted by molar-refractivity contribution is -0.384. The Bertz CT molecular complexity index is 1180. The maximum atomic E-state index is 13.2. The molecule has 0 atom stereocenters. The first-order valence-corrected chi connectivity index (χ1v) is 7.98. The number of nitro benzene ring substituents is 1. The molecule has 26 heavy (non-hydrogen) atoms. The van der Waals surface area contributed by atoms with Crippen molar-refractivity contribution in [2.75, 3.05) is 0 Å². The summed E-state index contributed by atoms with van der Waals surface area (Å²) in [5.41, 5.74) is 1.03. The number of benzene rings is 3. The predicted octanol–water partition coefficient (Wildman–Crippen LogP) is 3.96. The molecule has 6 nitrogen and oxygen atoms in total. The first kappa shape index (κ1) is 15.7. The van der Waals surface area contributed by atoms with Gasteiger partial charge in [-0.2, -0.15) is 0 Å². The molecule has 1 heterocycles. The normalized spacial score (nSPS) is 10.8. The molecule has 0 spiro atoms. The molecule has 0 bridgehead atoms. The van der Waals surface area contributed by atoms with Crippen LogP contribution < -0.4 is 5.56 Å². The van der Waals surface area contributed by atoms with Crippen molar-refractivity contribution in [2.45, 2.75) is 0 Å². The molecular weight excluding hydrogens is 330 g/mol. The number of nitrogens with zero attached hydrogens (tertiary/aromatic N) is 3. The van der Waals surface area contributed by atoms with Crippen LogP contribution in [0.1, 0.15) is 0 Å². The van der Waals surface area contributed by atoms with Crippen LogP contribution in [0.4, 0.5) is 5.69 Å². The zero-order valence-corrected chi connectivity index (χ0v) is 13.6. The minimum absolute atomic E-state index is 0.0978. The minimum atomic E-state index is -0.466. The monoisotopic (exact) mass is 343 g/mol. The van der Waals surface area contributed by atoms with Crippen molar-refractivity contribution in [1.29, 1.82) is 0 Å². The molecule has 0 aliphatic carbocycles. The fourth-order valence-corrected chi connectivity index (χ4v) is 2.95. The Morgan fingerprint density at radius 3 is 2.27 bits per heavy atom. The third-order valence-corrected chi connectivity index (χ3v) is 4.13. The van der Waals surface area contributed by atoms with Gasteiger partial charge in [0.25, 0.3) is 11.2 Å². The van der Waals surface area contributed by atoms with Gasteiger partial charge in [-0.15, -0.1) is 0 Å². The van der Waals surface area contributed by atoms with Crippen LogP contribution in [0.25, 0.3) is 28.0 Å². The molecule has 4 aromatic rings. The topological polar surface area (TPSA) is 78.0 Å². The third kappa shape index (κ3) is 2.53. The SMILES string of the molecule is O=c1c2ccccc2nc(-c2ccccc2[N+](=O)[O-])n1-c1ccccc1. The summed E-state index contributed by atoms with van der Waals surface area (Å²) in [4.78, 5) is 28.8. The van der Waals surface area contributed by atoms with Crippen LogP contribution in [0.15, 0.2) is 83.7 Å². The van der Waals surface area contributed by atoms with Crippen LogP contribution in [0, 0.1) is 10.1 Å². The largest absolute Gasteiger partial charge is 0.280 e. The van der Waals surface area contributed by atoms with Crippen molar-refractivity contribution in [3.05, 3.63) is 99.3 Å². The van der Waals surface area contributed by atoms with E-state index in [0.29, 0.717) is 22.2 Å². The van der Waals surface area contributed by atoms with Gasteiger partial charge in [0.2, 0.25) is 0 Å². The van der Waals surface area contributed by atoms with Crippen molar-refractivity contribution in [2.24, 2.45) is 0 Å². The number of nitro groups is 1. The molecule has 126 valence electrons. The zero-order chi connectivity index (χ0) is 18.1. The summed E-state index contributed by atoms with van der Waals surface area (Å²) in [5, 5.41) is 11.9. The van der Waals surface area contributed by atoms with Gasteiger partial charge < -0.3 is 0 Å². The van der Waals surface area contributed by atoms with Gasteiger partial charge in [0, 0.05) is 6.07 Å². The van der Waals surface area contributed by atoms with Crippen molar-refractivity contribution in [3.8, 4) is 17.1 Å². The molecule has 0 fully saturated rings. The summed E-state index contributed by atoms with van der Waals surface area (Å²) in [5.74, 6) is 0.243. The molecule has 6 heteroatoms. The smallest absolute Gasteiger partial charge is 0.268 e. The van der Waals surface area contributed by atoms with E-state index in [1.54, 1.807) is 66.7 Å². The number of rotatable bonds is 3. The Labute approximate surface area is 148 Å². The molecule has 4 rings (SSSR count). The number of hydrogen-bond acceptors (Lipinski definition) is 4. The Morgan fingerprint density at radius 2 is 1.50 bits per heavy atom. The molecule has 0 saturated carbocycles. The fourth-order valence-electron chi connectivity index (χ4n) is 2.95. The molecule has 0 N–H and O–H groups in total. The predicted molar refractivity (Wildman–Crippen MR) is 99.4 cm³/mol. The van der Waals surface area contributed by atoms with Crippen molar-refractivity contribution < 1.29 is 4.92 Å². The Hall–Kier alpha value is -3.80. The van der Waals surface area contributed by atoms with E-state index in [1.165, 1.54) is 10.6 Å². The molecule has 3 aromatic carbocycles. The van der Waals surface area contributed by atoms with Gasteiger partial charge >= 0.3 is 0 Å². The maximum absolute atomic E-state index is 13.2. The van der Waals surface area contributed by atoms with Gasteiger partial charge in [-0.25, -0.2) is 4.98 Å². The fraction of sp³-hybridized carbons (Fsp3) is 0. The molecule has 0 saturated heterocycles. The highest BCUT2D eigenvalue weighted by Crippen LogP contribution is 2.29. The summed E-state index contributed by atoms with van der Waals surface area (Å²) in [7, 11) is 0. The number of fused-ring (bicyclic) bond motifs is 1. The van der Waals surface area contributed by atoms with Crippen molar-refractivity contribution in [1.82, 2.24) is 9.55 Å². The van der Waals surface area contributed by atoms with E-state index >= 15 is 0 Å². The number of para-hydroxylation sites is 3. The second-order valence-corrected chi connectivity index (χ2v) is 5.70. The maximum Gasteiger partial charge on any atom is 0.280 e. The summed E-state index contributed by atoms with van der Waals surface area (Å²) in [6.45, 7) is 0. The van der Waals surface area contributed by atoms with Crippen LogP contribution in [0.3, 0.4) is 0 Å². The average Bonchev–Trinajstić information content (AvgIpc) is 2.68. The van der Waals surface area contributed by atoms with Gasteiger partial charge in [0.05, 0.1) is 27.1 Å². The van der Waals surface area contributed by atoms with E-state index in [1.807, 2.05) is 6.07 Å². The van der Waals surface area contributed by atoms with E-state index in [9.17, 15) is 14.9 Å². The van der Waals surface area contributed by atoms with E-state index in [2.05, 4.69) is 4.98 Å². The lowest BCUT2D eigenvalue weighted by Gasteiger charge is -2.14. The van der Waals surface area contributed by atoms with Crippen LogP contribution in [-0.2, 0) is 0 Å².